The van der Waals surface area contributed by atoms with E-state index in [1.807, 2.05) is 0 Å². The summed E-state index contributed by atoms with van der Waals surface area (Å²) in [6, 6.07) is 9.23. The largest absolute Gasteiger partial charge is 0.0602 e. The number of hydrogen-bond donors (Lipinski definition) is 0. The van der Waals surface area contributed by atoms with Gasteiger partial charge in [0.2, 0.25) is 0 Å². The third-order valence-corrected chi connectivity index (χ3v) is 3.15. The van der Waals surface area contributed by atoms with Crippen molar-refractivity contribution in [1.82, 2.24) is 0 Å². The highest BCUT2D eigenvalue weighted by Crippen LogP contribution is 2.23. The summed E-state index contributed by atoms with van der Waals surface area (Å²) in [6.07, 6.45) is 4.97. The van der Waals surface area contributed by atoms with Crippen molar-refractivity contribution in [3.63, 3.8) is 0 Å². The number of aryl methyl sites for hydroxylation is 1. The SMILES string of the molecule is CC(C)(C)CCCc1ccc(CC(C)(C)C)cc1. The van der Waals surface area contributed by atoms with E-state index in [0.717, 1.165) is 6.42 Å². The second-order valence-electron chi connectivity index (χ2n) is 7.97. The molecule has 102 valence electrons. The molecule has 0 heteroatoms. The Bertz CT molecular complexity index is 343. The van der Waals surface area contributed by atoms with E-state index in [-0.39, 0.29) is 0 Å². The summed E-state index contributed by atoms with van der Waals surface area (Å²) in [5, 5.41) is 0. The van der Waals surface area contributed by atoms with Gasteiger partial charge in [-0.3, -0.25) is 0 Å². The fraction of sp³-hybridized carbons (Fsp3) is 0.667. The molecule has 1 rings (SSSR count). The monoisotopic (exact) mass is 246 g/mol. The standard InChI is InChI=1S/C18H30/c1-17(2,3)13-7-8-15-9-11-16(12-10-15)14-18(4,5)6/h9-12H,7-8,13-14H2,1-6H3. The van der Waals surface area contributed by atoms with Crippen LogP contribution in [0, 0.1) is 10.8 Å². The van der Waals surface area contributed by atoms with Crippen LogP contribution in [0.25, 0.3) is 0 Å². The van der Waals surface area contributed by atoms with Gasteiger partial charge in [0.25, 0.3) is 0 Å². The highest BCUT2D eigenvalue weighted by atomic mass is 14.2. The summed E-state index contributed by atoms with van der Waals surface area (Å²) in [7, 11) is 0. The van der Waals surface area contributed by atoms with Gasteiger partial charge in [0, 0.05) is 0 Å². The molecule has 0 saturated carbocycles. The van der Waals surface area contributed by atoms with Crippen molar-refractivity contribution in [3.8, 4) is 0 Å². The smallest absolute Gasteiger partial charge is 0.0230 e. The van der Waals surface area contributed by atoms with Crippen LogP contribution in [0.1, 0.15) is 65.5 Å². The molecule has 0 bridgehead atoms. The molecule has 0 spiro atoms. The summed E-state index contributed by atoms with van der Waals surface area (Å²) in [5.74, 6) is 0. The second kappa shape index (κ2) is 5.91. The molecule has 0 aliphatic heterocycles. The Morgan fingerprint density at radius 1 is 0.722 bits per heavy atom. The maximum Gasteiger partial charge on any atom is -0.0230 e. The number of hydrogen-bond acceptors (Lipinski definition) is 0. The van der Waals surface area contributed by atoms with Crippen LogP contribution in [-0.4, -0.2) is 0 Å². The van der Waals surface area contributed by atoms with Crippen LogP contribution in [0.3, 0.4) is 0 Å². The zero-order valence-corrected chi connectivity index (χ0v) is 13.1. The Morgan fingerprint density at radius 3 is 1.67 bits per heavy atom. The molecule has 0 amide bonds. The lowest BCUT2D eigenvalue weighted by atomic mass is 9.87. The first kappa shape index (κ1) is 15.3. The van der Waals surface area contributed by atoms with Gasteiger partial charge in [-0.1, -0.05) is 65.8 Å². The minimum absolute atomic E-state index is 0.383. The molecule has 0 saturated heterocycles. The summed E-state index contributed by atoms with van der Waals surface area (Å²) in [5.41, 5.74) is 3.79. The van der Waals surface area contributed by atoms with E-state index in [4.69, 9.17) is 0 Å². The molecule has 0 radical (unpaired) electrons. The van der Waals surface area contributed by atoms with E-state index >= 15 is 0 Å². The third-order valence-electron chi connectivity index (χ3n) is 3.15. The molecule has 18 heavy (non-hydrogen) atoms. The van der Waals surface area contributed by atoms with Crippen molar-refractivity contribution in [3.05, 3.63) is 35.4 Å². The van der Waals surface area contributed by atoms with E-state index in [1.54, 1.807) is 0 Å². The van der Waals surface area contributed by atoms with Gasteiger partial charge in [-0.15, -0.1) is 0 Å². The number of benzene rings is 1. The predicted octanol–water partition coefficient (Wildman–Crippen LogP) is 5.64. The lowest BCUT2D eigenvalue weighted by Gasteiger charge is -2.19. The molecule has 0 unspecified atom stereocenters. The molecular weight excluding hydrogens is 216 g/mol. The van der Waals surface area contributed by atoms with Crippen molar-refractivity contribution >= 4 is 0 Å². The van der Waals surface area contributed by atoms with Gasteiger partial charge < -0.3 is 0 Å². The summed E-state index contributed by atoms with van der Waals surface area (Å²) in [6.45, 7) is 13.8. The molecule has 0 aliphatic carbocycles. The first-order chi connectivity index (χ1) is 8.16. The van der Waals surface area contributed by atoms with Crippen LogP contribution in [-0.2, 0) is 12.8 Å². The van der Waals surface area contributed by atoms with Gasteiger partial charge in [0.15, 0.2) is 0 Å². The molecule has 0 aliphatic rings. The van der Waals surface area contributed by atoms with E-state index in [1.165, 1.54) is 30.4 Å². The van der Waals surface area contributed by atoms with Crippen LogP contribution in [0.2, 0.25) is 0 Å². The van der Waals surface area contributed by atoms with Gasteiger partial charge in [-0.05, 0) is 47.6 Å². The predicted molar refractivity (Wildman–Crippen MR) is 82.0 cm³/mol. The van der Waals surface area contributed by atoms with Gasteiger partial charge in [0.1, 0.15) is 0 Å². The summed E-state index contributed by atoms with van der Waals surface area (Å²) < 4.78 is 0. The van der Waals surface area contributed by atoms with Gasteiger partial charge in [-0.25, -0.2) is 0 Å². The molecule has 1 aromatic carbocycles. The van der Waals surface area contributed by atoms with Crippen LogP contribution < -0.4 is 0 Å². The Hall–Kier alpha value is -0.780. The van der Waals surface area contributed by atoms with Gasteiger partial charge in [0.05, 0.1) is 0 Å². The molecule has 0 heterocycles. The molecule has 1 aromatic rings. The Kier molecular flexibility index (Phi) is 5.01. The van der Waals surface area contributed by atoms with Crippen molar-refractivity contribution < 1.29 is 0 Å². The minimum Gasteiger partial charge on any atom is -0.0602 e. The fourth-order valence-corrected chi connectivity index (χ4v) is 2.26. The fourth-order valence-electron chi connectivity index (χ4n) is 2.26. The maximum absolute atomic E-state index is 2.32. The third kappa shape index (κ3) is 6.83. The van der Waals surface area contributed by atoms with E-state index in [0.29, 0.717) is 10.8 Å². The molecule has 0 nitrogen and oxygen atoms in total. The Balaban J connectivity index is 2.46. The average molecular weight is 246 g/mol. The first-order valence-corrected chi connectivity index (χ1v) is 7.24. The zero-order valence-electron chi connectivity index (χ0n) is 13.1. The van der Waals surface area contributed by atoms with Crippen LogP contribution in [0.15, 0.2) is 24.3 Å². The normalized spacial score (nSPS) is 12.8. The molecule has 0 aromatic heterocycles. The molecule has 0 fully saturated rings. The lowest BCUT2D eigenvalue weighted by molar-refractivity contribution is 0.365. The topological polar surface area (TPSA) is 0 Å². The zero-order chi connectivity index (χ0) is 13.8. The maximum atomic E-state index is 2.32. The van der Waals surface area contributed by atoms with Gasteiger partial charge >= 0.3 is 0 Å². The minimum atomic E-state index is 0.383. The van der Waals surface area contributed by atoms with Crippen molar-refractivity contribution in [2.75, 3.05) is 0 Å². The van der Waals surface area contributed by atoms with E-state index in [2.05, 4.69) is 65.8 Å². The van der Waals surface area contributed by atoms with Crippen molar-refractivity contribution in [2.45, 2.75) is 67.2 Å². The number of rotatable bonds is 4. The Morgan fingerprint density at radius 2 is 1.22 bits per heavy atom. The highest BCUT2D eigenvalue weighted by molar-refractivity contribution is 5.23. The van der Waals surface area contributed by atoms with Crippen molar-refractivity contribution in [1.29, 1.82) is 0 Å². The molecule has 0 N–H and O–H groups in total. The van der Waals surface area contributed by atoms with Gasteiger partial charge in [-0.2, -0.15) is 0 Å². The van der Waals surface area contributed by atoms with Crippen LogP contribution in [0.5, 0.6) is 0 Å². The van der Waals surface area contributed by atoms with Crippen LogP contribution >= 0.6 is 0 Å². The lowest BCUT2D eigenvalue weighted by Crippen LogP contribution is -2.09. The summed E-state index contributed by atoms with van der Waals surface area (Å²) in [4.78, 5) is 0. The van der Waals surface area contributed by atoms with E-state index in [9.17, 15) is 0 Å². The second-order valence-corrected chi connectivity index (χ2v) is 7.97. The molecular formula is C18H30. The van der Waals surface area contributed by atoms with Crippen molar-refractivity contribution in [2.24, 2.45) is 10.8 Å². The average Bonchev–Trinajstić information content (AvgIpc) is 2.16. The Labute approximate surface area is 114 Å². The quantitative estimate of drug-likeness (QED) is 0.644. The first-order valence-electron chi connectivity index (χ1n) is 7.24. The summed E-state index contributed by atoms with van der Waals surface area (Å²) >= 11 is 0. The van der Waals surface area contributed by atoms with E-state index < -0.39 is 0 Å². The van der Waals surface area contributed by atoms with Crippen LogP contribution in [0.4, 0.5) is 0 Å². The molecule has 0 atom stereocenters. The highest BCUT2D eigenvalue weighted by Gasteiger charge is 2.11.